The molecule has 30 heavy (non-hydrogen) atoms. The van der Waals surface area contributed by atoms with Crippen LogP contribution in [0.5, 0.6) is 5.75 Å². The van der Waals surface area contributed by atoms with Crippen LogP contribution >= 0.6 is 18.9 Å². The van der Waals surface area contributed by atoms with E-state index in [1.54, 1.807) is 18.3 Å². The summed E-state index contributed by atoms with van der Waals surface area (Å²) in [6.07, 6.45) is 2.90. The number of halogens is 2. The van der Waals surface area contributed by atoms with E-state index in [4.69, 9.17) is 14.5 Å². The fraction of sp³-hybridized carbons (Fsp3) is 0.375. The molecule has 9 nitrogen and oxygen atoms in total. The molecule has 0 spiro atoms. The molecule has 0 bridgehead atoms. The minimum absolute atomic E-state index is 0.0236. The van der Waals surface area contributed by atoms with Crippen molar-refractivity contribution in [3.63, 3.8) is 0 Å². The zero-order chi connectivity index (χ0) is 22.3. The summed E-state index contributed by atoms with van der Waals surface area (Å²) in [6, 6.07) is 3.20. The van der Waals surface area contributed by atoms with Crippen LogP contribution in [0.15, 0.2) is 18.3 Å². The third-order valence-electron chi connectivity index (χ3n) is 4.36. The Morgan fingerprint density at radius 3 is 2.57 bits per heavy atom. The lowest BCUT2D eigenvalue weighted by Gasteiger charge is -2.16. The van der Waals surface area contributed by atoms with Crippen molar-refractivity contribution < 1.29 is 36.3 Å². The SMILES string of the molecule is Cc1c(C(F)(F)P(=O)(O)O)sc2c(OCCCS(C)(=O)=O)cc(C3=CNNN3)cc12. The molecule has 2 aromatic rings. The maximum absolute atomic E-state index is 14.4. The van der Waals surface area contributed by atoms with E-state index in [0.29, 0.717) is 32.7 Å². The zero-order valence-electron chi connectivity index (χ0n) is 15.9. The predicted octanol–water partition coefficient (Wildman–Crippen LogP) is 2.16. The van der Waals surface area contributed by atoms with Crippen LogP contribution in [0, 0.1) is 6.92 Å². The number of aryl methyl sites for hydroxylation is 1. The number of sulfone groups is 1. The number of rotatable bonds is 8. The normalized spacial score (nSPS) is 15.1. The van der Waals surface area contributed by atoms with Gasteiger partial charge in [-0.2, -0.15) is 14.3 Å². The Bertz CT molecular complexity index is 1160. The molecule has 0 aliphatic carbocycles. The number of hydrazine groups is 2. The molecule has 2 heterocycles. The molecule has 0 radical (unpaired) electrons. The van der Waals surface area contributed by atoms with E-state index in [-0.39, 0.29) is 30.1 Å². The monoisotopic (exact) mass is 483 g/mol. The van der Waals surface area contributed by atoms with Gasteiger partial charge in [-0.15, -0.1) is 11.3 Å². The van der Waals surface area contributed by atoms with Crippen LogP contribution in [0.25, 0.3) is 15.8 Å². The summed E-state index contributed by atoms with van der Waals surface area (Å²) in [5.41, 5.74) is 5.05. The number of ether oxygens (including phenoxy) is 1. The van der Waals surface area contributed by atoms with Crippen LogP contribution in [0.3, 0.4) is 0 Å². The van der Waals surface area contributed by atoms with Gasteiger partial charge in [0.2, 0.25) is 0 Å². The average Bonchev–Trinajstić information content (AvgIpc) is 3.25. The van der Waals surface area contributed by atoms with Crippen molar-refractivity contribution in [3.8, 4) is 5.75 Å². The molecule has 1 aromatic carbocycles. The second-order valence-electron chi connectivity index (χ2n) is 6.78. The largest absolute Gasteiger partial charge is 0.492 e. The van der Waals surface area contributed by atoms with Gasteiger partial charge in [-0.05, 0) is 31.0 Å². The first kappa shape index (κ1) is 22.9. The third kappa shape index (κ3) is 4.61. The van der Waals surface area contributed by atoms with Gasteiger partial charge in [-0.1, -0.05) is 0 Å². The second kappa shape index (κ2) is 8.06. The Hall–Kier alpha value is -1.76. The number of fused-ring (bicyclic) bond motifs is 1. The fourth-order valence-electron chi connectivity index (χ4n) is 2.88. The third-order valence-corrected chi connectivity index (χ3v) is 7.89. The summed E-state index contributed by atoms with van der Waals surface area (Å²) in [5, 5.41) is 0.355. The van der Waals surface area contributed by atoms with E-state index in [1.165, 1.54) is 6.92 Å². The molecular weight excluding hydrogens is 463 g/mol. The van der Waals surface area contributed by atoms with Crippen molar-refractivity contribution in [3.05, 3.63) is 34.3 Å². The molecule has 0 fully saturated rings. The molecule has 1 aliphatic heterocycles. The standard InChI is InChI=1S/C16H20F2N3O6PS2/c1-9-11-6-10(12-8-19-21-20-12)7-13(27-4-3-5-30(2,25)26)14(11)29-15(9)16(17,18)28(22,23)24/h6-8,19-21H,3-5H2,1-2H3,(H2,22,23,24). The smallest absolute Gasteiger partial charge is 0.400 e. The van der Waals surface area contributed by atoms with E-state index in [2.05, 4.69) is 16.4 Å². The number of benzene rings is 1. The van der Waals surface area contributed by atoms with Crippen molar-refractivity contribution in [1.82, 2.24) is 16.4 Å². The first-order valence-corrected chi connectivity index (χ1v) is 13.1. The Labute approximate surface area is 175 Å². The molecule has 1 aliphatic rings. The summed E-state index contributed by atoms with van der Waals surface area (Å²) in [7, 11) is -8.92. The van der Waals surface area contributed by atoms with Crippen LogP contribution in [0.1, 0.15) is 22.4 Å². The van der Waals surface area contributed by atoms with Crippen LogP contribution in [-0.4, -0.2) is 36.8 Å². The van der Waals surface area contributed by atoms with Crippen LogP contribution < -0.4 is 21.1 Å². The van der Waals surface area contributed by atoms with Crippen molar-refractivity contribution in [2.75, 3.05) is 18.6 Å². The molecule has 0 unspecified atom stereocenters. The average molecular weight is 483 g/mol. The molecule has 14 heteroatoms. The molecule has 0 atom stereocenters. The first-order chi connectivity index (χ1) is 13.8. The number of hydrogen-bond donors (Lipinski definition) is 5. The quantitative estimate of drug-likeness (QED) is 0.283. The van der Waals surface area contributed by atoms with Crippen molar-refractivity contribution in [2.24, 2.45) is 0 Å². The molecule has 166 valence electrons. The summed E-state index contributed by atoms with van der Waals surface area (Å²) in [6.45, 7) is 1.39. The topological polar surface area (TPSA) is 137 Å². The minimum atomic E-state index is -5.74. The zero-order valence-corrected chi connectivity index (χ0v) is 18.4. The van der Waals surface area contributed by atoms with Crippen molar-refractivity contribution >= 4 is 44.6 Å². The highest BCUT2D eigenvalue weighted by Gasteiger charge is 2.52. The molecule has 5 N–H and O–H groups in total. The number of hydrogen-bond acceptors (Lipinski definition) is 8. The summed E-state index contributed by atoms with van der Waals surface area (Å²) in [5.74, 6) is 0.118. The maximum atomic E-state index is 14.4. The van der Waals surface area contributed by atoms with Gasteiger partial charge in [-0.3, -0.25) is 4.57 Å². The number of nitrogens with one attached hydrogen (secondary N) is 3. The lowest BCUT2D eigenvalue weighted by Crippen LogP contribution is -2.31. The fourth-order valence-corrected chi connectivity index (χ4v) is 5.57. The predicted molar refractivity (Wildman–Crippen MR) is 110 cm³/mol. The lowest BCUT2D eigenvalue weighted by molar-refractivity contribution is 0.0596. The highest BCUT2D eigenvalue weighted by atomic mass is 32.2. The van der Waals surface area contributed by atoms with Crippen LogP contribution in [-0.2, 0) is 20.1 Å². The molecule has 0 saturated carbocycles. The highest BCUT2D eigenvalue weighted by Crippen LogP contribution is 2.62. The van der Waals surface area contributed by atoms with Gasteiger partial charge in [-0.25, -0.2) is 8.42 Å². The van der Waals surface area contributed by atoms with Crippen molar-refractivity contribution in [1.29, 1.82) is 0 Å². The Morgan fingerprint density at radius 2 is 2.00 bits per heavy atom. The number of alkyl halides is 2. The van der Waals surface area contributed by atoms with E-state index in [0.717, 1.165) is 6.26 Å². The van der Waals surface area contributed by atoms with Gasteiger partial charge < -0.3 is 25.4 Å². The van der Waals surface area contributed by atoms with Crippen molar-refractivity contribution in [2.45, 2.75) is 19.0 Å². The Kier molecular flexibility index (Phi) is 6.16. The Balaban J connectivity index is 2.08. The van der Waals surface area contributed by atoms with Gasteiger partial charge in [0.1, 0.15) is 15.6 Å². The second-order valence-corrected chi connectivity index (χ2v) is 11.7. The van der Waals surface area contributed by atoms with Gasteiger partial charge >= 0.3 is 13.3 Å². The van der Waals surface area contributed by atoms with E-state index >= 15 is 0 Å². The molecule has 0 saturated heterocycles. The summed E-state index contributed by atoms with van der Waals surface area (Å²) < 4.78 is 68.8. The lowest BCUT2D eigenvalue weighted by atomic mass is 10.1. The van der Waals surface area contributed by atoms with E-state index in [1.807, 2.05) is 0 Å². The van der Waals surface area contributed by atoms with E-state index < -0.39 is 28.0 Å². The van der Waals surface area contributed by atoms with Crippen LogP contribution in [0.2, 0.25) is 0 Å². The van der Waals surface area contributed by atoms with Gasteiger partial charge in [0.15, 0.2) is 0 Å². The maximum Gasteiger partial charge on any atom is 0.400 e. The molecular formula is C16H20F2N3O6PS2. The molecule has 1 aromatic heterocycles. The van der Waals surface area contributed by atoms with E-state index in [9.17, 15) is 21.8 Å². The summed E-state index contributed by atoms with van der Waals surface area (Å²) in [4.78, 5) is 17.5. The first-order valence-electron chi connectivity index (χ1n) is 8.60. The molecule has 3 rings (SSSR count). The summed E-state index contributed by atoms with van der Waals surface area (Å²) >= 11 is 0.543. The number of thiophene rings is 1. The van der Waals surface area contributed by atoms with Gasteiger partial charge in [0.05, 0.1) is 27.6 Å². The van der Waals surface area contributed by atoms with Gasteiger partial charge in [0, 0.05) is 23.4 Å². The minimum Gasteiger partial charge on any atom is -0.492 e. The van der Waals surface area contributed by atoms with Gasteiger partial charge in [0.25, 0.3) is 0 Å². The van der Waals surface area contributed by atoms with Crippen LogP contribution in [0.4, 0.5) is 8.78 Å². The highest BCUT2D eigenvalue weighted by molar-refractivity contribution is 7.90. The Morgan fingerprint density at radius 1 is 1.30 bits per heavy atom. The molecule has 0 amide bonds.